The fourth-order valence-electron chi connectivity index (χ4n) is 0.909. The Balaban J connectivity index is 2.24. The van der Waals surface area contributed by atoms with Gasteiger partial charge in [-0.3, -0.25) is 0 Å². The van der Waals surface area contributed by atoms with E-state index in [1.165, 1.54) is 17.1 Å². The van der Waals surface area contributed by atoms with E-state index in [9.17, 15) is 4.79 Å². The number of nitrogens with one attached hydrogen (secondary N) is 1. The molecule has 3 nitrogen and oxygen atoms in total. The van der Waals surface area contributed by atoms with Crippen molar-refractivity contribution >= 4 is 32.2 Å². The Labute approximate surface area is 84.1 Å². The van der Waals surface area contributed by atoms with Gasteiger partial charge in [-0.1, -0.05) is 0 Å². The van der Waals surface area contributed by atoms with E-state index in [0.29, 0.717) is 6.04 Å². The molecular formula is C7H14N2OSe2. The molecule has 0 aromatic rings. The number of rotatable bonds is 2. The number of carbonyl (C=O) groups is 1. The van der Waals surface area contributed by atoms with Gasteiger partial charge in [0.15, 0.2) is 0 Å². The summed E-state index contributed by atoms with van der Waals surface area (Å²) >= 11 is 1.70. The van der Waals surface area contributed by atoms with E-state index in [1.54, 1.807) is 6.92 Å². The van der Waals surface area contributed by atoms with Crippen molar-refractivity contribution < 1.29 is 4.79 Å². The first-order valence-corrected chi connectivity index (χ1v) is 10.8. The van der Waals surface area contributed by atoms with Crippen LogP contribution in [0.1, 0.15) is 13.3 Å². The first-order chi connectivity index (χ1) is 5.70. The Morgan fingerprint density at radius 1 is 1.67 bits per heavy atom. The Bertz CT molecular complexity index is 157. The third kappa shape index (κ3) is 3.46. The molecule has 0 saturated carbocycles. The fraction of sp³-hybridized carbons (Fsp3) is 0.857. The van der Waals surface area contributed by atoms with Crippen molar-refractivity contribution in [3.8, 4) is 0 Å². The number of nitrogens with two attached hydrogens (primary N) is 1. The molecule has 0 unspecified atom stereocenters. The summed E-state index contributed by atoms with van der Waals surface area (Å²) in [5, 5.41) is 5.52. The van der Waals surface area contributed by atoms with E-state index >= 15 is 0 Å². The molecule has 0 bridgehead atoms. The van der Waals surface area contributed by atoms with Crippen LogP contribution in [0.2, 0.25) is 10.6 Å². The van der Waals surface area contributed by atoms with Gasteiger partial charge in [0, 0.05) is 0 Å². The van der Waals surface area contributed by atoms with Crippen LogP contribution in [0.25, 0.3) is 0 Å². The third-order valence-corrected chi connectivity index (χ3v) is 9.10. The molecule has 1 saturated heterocycles. The molecule has 2 atom stereocenters. The summed E-state index contributed by atoms with van der Waals surface area (Å²) in [7, 11) is 0. The number of carbonyl (C=O) groups excluding carboxylic acids is 1. The summed E-state index contributed by atoms with van der Waals surface area (Å²) in [4.78, 5) is 11.2. The molecule has 5 heteroatoms. The molecule has 1 heterocycles. The van der Waals surface area contributed by atoms with Crippen LogP contribution in [0, 0.1) is 0 Å². The first kappa shape index (κ1) is 10.5. The van der Waals surface area contributed by atoms with Crippen molar-refractivity contribution in [2.75, 3.05) is 0 Å². The summed E-state index contributed by atoms with van der Waals surface area (Å²) in [6, 6.07) is 0.0732. The third-order valence-electron chi connectivity index (χ3n) is 1.66. The number of amides is 1. The van der Waals surface area contributed by atoms with Crippen molar-refractivity contribution in [2.45, 2.75) is 36.1 Å². The maximum atomic E-state index is 11.2. The molecule has 0 radical (unpaired) electrons. The van der Waals surface area contributed by atoms with E-state index in [2.05, 4.69) is 5.32 Å². The predicted octanol–water partition coefficient (Wildman–Crippen LogP) is -0.618. The second-order valence-electron chi connectivity index (χ2n) is 2.89. The van der Waals surface area contributed by atoms with E-state index < -0.39 is 0 Å². The SMILES string of the molecule is C[C@H](N)C(=O)N[C@H]1CC[Se][Se]C1. The van der Waals surface area contributed by atoms with Crippen LogP contribution in [0.5, 0.6) is 0 Å². The molecule has 1 aliphatic rings. The second kappa shape index (κ2) is 5.25. The quantitative estimate of drug-likeness (QED) is 0.668. The maximum absolute atomic E-state index is 11.2. The molecule has 1 aliphatic heterocycles. The number of hydrogen-bond donors (Lipinski definition) is 2. The van der Waals surface area contributed by atoms with Crippen LogP contribution < -0.4 is 11.1 Å². The summed E-state index contributed by atoms with van der Waals surface area (Å²) in [6.45, 7) is 1.73. The zero-order valence-corrected chi connectivity index (χ0v) is 10.5. The molecule has 0 aromatic carbocycles. The summed E-state index contributed by atoms with van der Waals surface area (Å²) < 4.78 is 0. The first-order valence-electron chi connectivity index (χ1n) is 4.00. The molecule has 1 amide bonds. The molecule has 70 valence electrons. The van der Waals surface area contributed by atoms with E-state index in [-0.39, 0.29) is 11.9 Å². The summed E-state index contributed by atoms with van der Waals surface area (Å²) in [5.41, 5.74) is 5.45. The second-order valence-corrected chi connectivity index (χ2v) is 10.6. The Morgan fingerprint density at radius 2 is 2.42 bits per heavy atom. The van der Waals surface area contributed by atoms with Crippen LogP contribution in [0.4, 0.5) is 0 Å². The number of hydrogen-bond acceptors (Lipinski definition) is 2. The van der Waals surface area contributed by atoms with Gasteiger partial charge >= 0.3 is 84.1 Å². The molecule has 0 spiro atoms. The van der Waals surface area contributed by atoms with Gasteiger partial charge in [0.2, 0.25) is 0 Å². The average molecular weight is 300 g/mol. The van der Waals surface area contributed by atoms with Crippen LogP contribution in [-0.2, 0) is 4.79 Å². The average Bonchev–Trinajstić information content (AvgIpc) is 2.06. The fourth-order valence-corrected chi connectivity index (χ4v) is 8.20. The van der Waals surface area contributed by atoms with E-state index in [1.807, 2.05) is 0 Å². The van der Waals surface area contributed by atoms with Gasteiger partial charge < -0.3 is 0 Å². The Morgan fingerprint density at radius 3 is 2.92 bits per heavy atom. The molecule has 12 heavy (non-hydrogen) atoms. The monoisotopic (exact) mass is 302 g/mol. The standard InChI is InChI=1S/C7H14N2OSe2/c1-5(8)7(10)9-6-2-3-11-12-4-6/h5-6H,2-4,8H2,1H3,(H,9,10)/t5-,6-/m0/s1. The Kier molecular flexibility index (Phi) is 4.62. The van der Waals surface area contributed by atoms with Crippen LogP contribution >= 0.6 is 0 Å². The van der Waals surface area contributed by atoms with Gasteiger partial charge in [-0.15, -0.1) is 0 Å². The van der Waals surface area contributed by atoms with E-state index in [0.717, 1.165) is 26.3 Å². The molecule has 3 N–H and O–H groups in total. The van der Waals surface area contributed by atoms with Gasteiger partial charge in [-0.2, -0.15) is 0 Å². The normalized spacial score (nSPS) is 26.3. The minimum atomic E-state index is -0.357. The van der Waals surface area contributed by atoms with Crippen molar-refractivity contribution in [3.63, 3.8) is 0 Å². The minimum absolute atomic E-state index is 0.00481. The summed E-state index contributed by atoms with van der Waals surface area (Å²) in [6.07, 6.45) is 1.17. The van der Waals surface area contributed by atoms with Crippen molar-refractivity contribution in [1.29, 1.82) is 0 Å². The predicted molar refractivity (Wildman–Crippen MR) is 51.3 cm³/mol. The zero-order chi connectivity index (χ0) is 8.97. The van der Waals surface area contributed by atoms with Crippen LogP contribution in [0.3, 0.4) is 0 Å². The molecule has 0 aromatic heterocycles. The molecule has 1 rings (SSSR count). The molecule has 0 aliphatic carbocycles. The van der Waals surface area contributed by atoms with Crippen molar-refractivity contribution in [1.82, 2.24) is 5.32 Å². The van der Waals surface area contributed by atoms with Gasteiger partial charge in [-0.05, 0) is 0 Å². The van der Waals surface area contributed by atoms with Crippen molar-refractivity contribution in [3.05, 3.63) is 0 Å². The van der Waals surface area contributed by atoms with Gasteiger partial charge in [0.1, 0.15) is 0 Å². The van der Waals surface area contributed by atoms with Crippen LogP contribution in [-0.4, -0.2) is 44.3 Å². The van der Waals surface area contributed by atoms with Crippen molar-refractivity contribution in [2.24, 2.45) is 5.73 Å². The zero-order valence-electron chi connectivity index (χ0n) is 7.08. The van der Waals surface area contributed by atoms with Crippen LogP contribution in [0.15, 0.2) is 0 Å². The van der Waals surface area contributed by atoms with Gasteiger partial charge in [-0.25, -0.2) is 0 Å². The van der Waals surface area contributed by atoms with E-state index in [4.69, 9.17) is 5.73 Å². The molecule has 1 fully saturated rings. The van der Waals surface area contributed by atoms with Gasteiger partial charge in [0.25, 0.3) is 0 Å². The molecular weight excluding hydrogens is 286 g/mol. The Hall–Kier alpha value is 0.469. The summed E-state index contributed by atoms with van der Waals surface area (Å²) in [5.74, 6) is 0.00481. The topological polar surface area (TPSA) is 55.1 Å². The van der Waals surface area contributed by atoms with Gasteiger partial charge in [0.05, 0.1) is 0 Å².